The average Bonchev–Trinajstić information content (AvgIpc) is 3.04. The summed E-state index contributed by atoms with van der Waals surface area (Å²) in [5.41, 5.74) is 1.94. The molecule has 6 nitrogen and oxygen atoms in total. The fraction of sp³-hybridized carbons (Fsp3) is 0. The number of hydrogen-bond acceptors (Lipinski definition) is 4. The second-order valence-electron chi connectivity index (χ2n) is 4.78. The lowest BCUT2D eigenvalue weighted by Gasteiger charge is -2.01. The maximum atomic E-state index is 12.1. The molecule has 0 aliphatic carbocycles. The predicted molar refractivity (Wildman–Crippen MR) is 83.3 cm³/mol. The van der Waals surface area contributed by atoms with E-state index in [4.69, 9.17) is 9.63 Å². The van der Waals surface area contributed by atoms with E-state index >= 15 is 0 Å². The van der Waals surface area contributed by atoms with Crippen LogP contribution in [0.15, 0.2) is 65.2 Å². The highest BCUT2D eigenvalue weighted by Gasteiger charge is 2.12. The fourth-order valence-electron chi connectivity index (χ4n) is 2.03. The van der Waals surface area contributed by atoms with E-state index in [0.29, 0.717) is 11.3 Å². The van der Waals surface area contributed by atoms with E-state index < -0.39 is 11.9 Å². The van der Waals surface area contributed by atoms with Gasteiger partial charge in [-0.2, -0.15) is 0 Å². The van der Waals surface area contributed by atoms with E-state index in [9.17, 15) is 9.59 Å². The van der Waals surface area contributed by atoms with Crippen LogP contribution in [0.4, 0.5) is 5.88 Å². The molecule has 114 valence electrons. The first kappa shape index (κ1) is 14.5. The summed E-state index contributed by atoms with van der Waals surface area (Å²) in [5, 5.41) is 15.3. The van der Waals surface area contributed by atoms with Crippen molar-refractivity contribution in [2.24, 2.45) is 0 Å². The summed E-state index contributed by atoms with van der Waals surface area (Å²) in [5.74, 6) is -1.23. The SMILES string of the molecule is O=C(O)c1ccc(C(=O)Nc2cc(-c3ccccc3)no2)cc1. The lowest BCUT2D eigenvalue weighted by molar-refractivity contribution is 0.0696. The van der Waals surface area contributed by atoms with Crippen molar-refractivity contribution in [2.45, 2.75) is 0 Å². The molecule has 0 saturated carbocycles. The molecular weight excluding hydrogens is 296 g/mol. The second-order valence-corrected chi connectivity index (χ2v) is 4.78. The van der Waals surface area contributed by atoms with Gasteiger partial charge in [0.2, 0.25) is 5.88 Å². The maximum Gasteiger partial charge on any atom is 0.335 e. The summed E-state index contributed by atoms with van der Waals surface area (Å²) in [7, 11) is 0. The van der Waals surface area contributed by atoms with Crippen molar-refractivity contribution in [3.63, 3.8) is 0 Å². The molecule has 23 heavy (non-hydrogen) atoms. The third-order valence-corrected chi connectivity index (χ3v) is 3.21. The van der Waals surface area contributed by atoms with E-state index in [2.05, 4.69) is 10.5 Å². The molecule has 3 aromatic rings. The molecule has 6 heteroatoms. The quantitative estimate of drug-likeness (QED) is 0.771. The highest BCUT2D eigenvalue weighted by Crippen LogP contribution is 2.21. The molecule has 1 amide bonds. The largest absolute Gasteiger partial charge is 0.478 e. The van der Waals surface area contributed by atoms with Gasteiger partial charge in [-0.3, -0.25) is 10.1 Å². The Balaban J connectivity index is 1.73. The molecule has 0 spiro atoms. The Hall–Kier alpha value is -3.41. The van der Waals surface area contributed by atoms with Gasteiger partial charge in [-0.1, -0.05) is 35.5 Å². The molecule has 0 atom stereocenters. The predicted octanol–water partition coefficient (Wildman–Crippen LogP) is 3.29. The van der Waals surface area contributed by atoms with Crippen molar-refractivity contribution in [1.82, 2.24) is 5.16 Å². The van der Waals surface area contributed by atoms with Crippen LogP contribution in [0.3, 0.4) is 0 Å². The molecular formula is C17H12N2O4. The lowest BCUT2D eigenvalue weighted by atomic mass is 10.1. The topological polar surface area (TPSA) is 92.4 Å². The Bertz CT molecular complexity index is 839. The molecule has 1 aromatic heterocycles. The second kappa shape index (κ2) is 6.15. The number of aromatic nitrogens is 1. The number of carbonyl (C=O) groups excluding carboxylic acids is 1. The first-order valence-electron chi connectivity index (χ1n) is 6.80. The number of amides is 1. The number of benzene rings is 2. The molecule has 0 bridgehead atoms. The number of carboxylic acid groups (broad SMARTS) is 1. The van der Waals surface area contributed by atoms with Crippen LogP contribution in [0.2, 0.25) is 0 Å². The van der Waals surface area contributed by atoms with Crippen LogP contribution in [0.5, 0.6) is 0 Å². The number of rotatable bonds is 4. The van der Waals surface area contributed by atoms with Crippen molar-refractivity contribution in [3.05, 3.63) is 71.8 Å². The summed E-state index contributed by atoms with van der Waals surface area (Å²) >= 11 is 0. The van der Waals surface area contributed by atoms with Crippen molar-refractivity contribution >= 4 is 17.8 Å². The number of aromatic carboxylic acids is 1. The fourth-order valence-corrected chi connectivity index (χ4v) is 2.03. The van der Waals surface area contributed by atoms with Gasteiger partial charge in [-0.25, -0.2) is 4.79 Å². The monoisotopic (exact) mass is 308 g/mol. The van der Waals surface area contributed by atoms with Crippen LogP contribution in [0.1, 0.15) is 20.7 Å². The number of carbonyl (C=O) groups is 2. The summed E-state index contributed by atoms with van der Waals surface area (Å²) in [6.07, 6.45) is 0. The van der Waals surface area contributed by atoms with E-state index in [1.807, 2.05) is 30.3 Å². The van der Waals surface area contributed by atoms with Crippen LogP contribution in [-0.2, 0) is 0 Å². The van der Waals surface area contributed by atoms with Crippen molar-refractivity contribution < 1.29 is 19.2 Å². The Morgan fingerprint density at radius 1 is 0.957 bits per heavy atom. The van der Waals surface area contributed by atoms with Gasteiger partial charge in [-0.05, 0) is 24.3 Å². The summed E-state index contributed by atoms with van der Waals surface area (Å²) in [4.78, 5) is 22.9. The number of nitrogens with one attached hydrogen (secondary N) is 1. The Labute approximate surface area is 131 Å². The minimum atomic E-state index is -1.04. The molecule has 1 heterocycles. The van der Waals surface area contributed by atoms with Crippen molar-refractivity contribution in [3.8, 4) is 11.3 Å². The molecule has 0 saturated heterocycles. The van der Waals surface area contributed by atoms with Gasteiger partial charge in [-0.15, -0.1) is 0 Å². The van der Waals surface area contributed by atoms with E-state index in [1.54, 1.807) is 6.07 Å². The van der Waals surface area contributed by atoms with Crippen LogP contribution in [0, 0.1) is 0 Å². The zero-order chi connectivity index (χ0) is 16.2. The number of nitrogens with zero attached hydrogens (tertiary/aromatic N) is 1. The molecule has 0 radical (unpaired) electrons. The van der Waals surface area contributed by atoms with Gasteiger partial charge in [0.05, 0.1) is 5.56 Å². The summed E-state index contributed by atoms with van der Waals surface area (Å²) < 4.78 is 5.10. The minimum Gasteiger partial charge on any atom is -0.478 e. The minimum absolute atomic E-state index is 0.118. The van der Waals surface area contributed by atoms with Crippen LogP contribution >= 0.6 is 0 Å². The molecule has 2 N–H and O–H groups in total. The molecule has 0 aliphatic rings. The molecule has 0 unspecified atom stereocenters. The van der Waals surface area contributed by atoms with Gasteiger partial charge in [0.15, 0.2) is 0 Å². The third-order valence-electron chi connectivity index (χ3n) is 3.21. The zero-order valence-corrected chi connectivity index (χ0v) is 11.9. The highest BCUT2D eigenvalue weighted by atomic mass is 16.5. The zero-order valence-electron chi connectivity index (χ0n) is 11.9. The summed E-state index contributed by atoms with van der Waals surface area (Å²) in [6.45, 7) is 0. The molecule has 0 fully saturated rings. The first-order chi connectivity index (χ1) is 11.1. The maximum absolute atomic E-state index is 12.1. The van der Waals surface area contributed by atoms with E-state index in [1.165, 1.54) is 24.3 Å². The van der Waals surface area contributed by atoms with Crippen molar-refractivity contribution in [1.29, 1.82) is 0 Å². The smallest absolute Gasteiger partial charge is 0.335 e. The van der Waals surface area contributed by atoms with E-state index in [0.717, 1.165) is 5.56 Å². The van der Waals surface area contributed by atoms with Crippen LogP contribution < -0.4 is 5.32 Å². The van der Waals surface area contributed by atoms with E-state index in [-0.39, 0.29) is 11.4 Å². The lowest BCUT2D eigenvalue weighted by Crippen LogP contribution is -2.11. The Kier molecular flexibility index (Phi) is 3.88. The number of hydrogen-bond donors (Lipinski definition) is 2. The standard InChI is InChI=1S/C17H12N2O4/c20-16(12-6-8-13(9-7-12)17(21)22)18-15-10-14(19-23-15)11-4-2-1-3-5-11/h1-10H,(H,18,20)(H,21,22). The van der Waals surface area contributed by atoms with Gasteiger partial charge in [0, 0.05) is 17.2 Å². The highest BCUT2D eigenvalue weighted by molar-refractivity contribution is 6.04. The summed E-state index contributed by atoms with van der Waals surface area (Å²) in [6, 6.07) is 16.7. The van der Waals surface area contributed by atoms with Crippen LogP contribution in [0.25, 0.3) is 11.3 Å². The third kappa shape index (κ3) is 3.26. The molecule has 2 aromatic carbocycles. The van der Waals surface area contributed by atoms with Gasteiger partial charge < -0.3 is 9.63 Å². The number of carboxylic acids is 1. The van der Waals surface area contributed by atoms with Gasteiger partial charge in [0.25, 0.3) is 5.91 Å². The normalized spacial score (nSPS) is 10.3. The molecule has 3 rings (SSSR count). The van der Waals surface area contributed by atoms with Gasteiger partial charge >= 0.3 is 5.97 Å². The average molecular weight is 308 g/mol. The van der Waals surface area contributed by atoms with Gasteiger partial charge in [0.1, 0.15) is 5.69 Å². The Morgan fingerprint density at radius 2 is 1.61 bits per heavy atom. The molecule has 0 aliphatic heterocycles. The Morgan fingerprint density at radius 3 is 2.26 bits per heavy atom. The van der Waals surface area contributed by atoms with Crippen molar-refractivity contribution in [2.75, 3.05) is 5.32 Å². The number of anilines is 1. The first-order valence-corrected chi connectivity index (χ1v) is 6.80. The van der Waals surface area contributed by atoms with Crippen LogP contribution in [-0.4, -0.2) is 22.1 Å².